The number of anilines is 1. The Morgan fingerprint density at radius 2 is 2.25 bits per heavy atom. The van der Waals surface area contributed by atoms with Gasteiger partial charge in [-0.25, -0.2) is 0 Å². The van der Waals surface area contributed by atoms with E-state index >= 15 is 0 Å². The number of ether oxygens (including phenoxy) is 1. The van der Waals surface area contributed by atoms with Gasteiger partial charge < -0.3 is 19.0 Å². The second-order valence-electron chi connectivity index (χ2n) is 4.08. The van der Waals surface area contributed by atoms with Crippen molar-refractivity contribution in [2.24, 2.45) is 0 Å². The van der Waals surface area contributed by atoms with Crippen molar-refractivity contribution < 1.29 is 18.5 Å². The van der Waals surface area contributed by atoms with Crippen molar-refractivity contribution in [1.29, 1.82) is 0 Å². The van der Waals surface area contributed by atoms with Crippen LogP contribution in [0.5, 0.6) is 5.75 Å². The molecule has 1 N–H and O–H groups in total. The molecule has 0 aliphatic heterocycles. The molecule has 2 aromatic heterocycles. The average Bonchev–Trinajstić information content (AvgIpc) is 3.09. The van der Waals surface area contributed by atoms with Crippen LogP contribution in [0, 0.1) is 0 Å². The van der Waals surface area contributed by atoms with E-state index in [9.17, 15) is 4.79 Å². The smallest absolute Gasteiger partial charge is 0.257 e. The van der Waals surface area contributed by atoms with E-state index in [0.29, 0.717) is 29.3 Å². The fourth-order valence-corrected chi connectivity index (χ4v) is 1.91. The van der Waals surface area contributed by atoms with Crippen molar-refractivity contribution in [3.63, 3.8) is 0 Å². The first kappa shape index (κ1) is 12.3. The highest BCUT2D eigenvalue weighted by atomic mass is 16.5. The quantitative estimate of drug-likeness (QED) is 0.789. The van der Waals surface area contributed by atoms with E-state index in [1.54, 1.807) is 30.5 Å². The van der Waals surface area contributed by atoms with Gasteiger partial charge in [0, 0.05) is 11.6 Å². The lowest BCUT2D eigenvalue weighted by Gasteiger charge is -2.07. The Labute approximate surface area is 114 Å². The van der Waals surface area contributed by atoms with Gasteiger partial charge in [0.25, 0.3) is 5.91 Å². The van der Waals surface area contributed by atoms with Crippen LogP contribution in [0.3, 0.4) is 0 Å². The van der Waals surface area contributed by atoms with Crippen molar-refractivity contribution in [1.82, 2.24) is 5.16 Å². The second-order valence-corrected chi connectivity index (χ2v) is 4.08. The summed E-state index contributed by atoms with van der Waals surface area (Å²) in [7, 11) is 0. The van der Waals surface area contributed by atoms with E-state index in [1.807, 2.05) is 6.92 Å². The summed E-state index contributed by atoms with van der Waals surface area (Å²) in [5.74, 6) is 0.662. The lowest BCUT2D eigenvalue weighted by molar-refractivity contribution is 0.102. The molecule has 0 unspecified atom stereocenters. The summed E-state index contributed by atoms with van der Waals surface area (Å²) in [6.45, 7) is 2.39. The molecule has 3 rings (SSSR count). The number of nitrogens with one attached hydrogen (secondary N) is 1. The predicted octanol–water partition coefficient (Wildman–Crippen LogP) is 3.07. The zero-order chi connectivity index (χ0) is 13.9. The molecule has 1 amide bonds. The highest BCUT2D eigenvalue weighted by Gasteiger charge is 2.14. The molecular weight excluding hydrogens is 260 g/mol. The zero-order valence-corrected chi connectivity index (χ0v) is 10.8. The molecule has 0 saturated heterocycles. The third-order valence-corrected chi connectivity index (χ3v) is 2.78. The number of aromatic nitrogens is 1. The molecular formula is C14H12N2O4. The molecule has 6 nitrogen and oxygen atoms in total. The molecule has 6 heteroatoms. The van der Waals surface area contributed by atoms with Crippen LogP contribution in [0.2, 0.25) is 0 Å². The standard InChI is InChI=1S/C14H12N2O4/c1-2-18-11-7-9(8-12-10(11)3-5-19-12)14(17)15-13-4-6-20-16-13/h3-8H,2H2,1H3,(H,15,16,17). The van der Waals surface area contributed by atoms with Crippen LogP contribution in [-0.4, -0.2) is 17.7 Å². The zero-order valence-electron chi connectivity index (χ0n) is 10.8. The van der Waals surface area contributed by atoms with Crippen LogP contribution in [0.4, 0.5) is 5.82 Å². The SMILES string of the molecule is CCOc1cc(C(=O)Nc2ccon2)cc2occc12. The van der Waals surface area contributed by atoms with E-state index in [-0.39, 0.29) is 5.91 Å². The third-order valence-electron chi connectivity index (χ3n) is 2.78. The van der Waals surface area contributed by atoms with Gasteiger partial charge in [-0.2, -0.15) is 0 Å². The summed E-state index contributed by atoms with van der Waals surface area (Å²) >= 11 is 0. The molecule has 0 atom stereocenters. The number of amides is 1. The molecule has 0 fully saturated rings. The number of hydrogen-bond acceptors (Lipinski definition) is 5. The van der Waals surface area contributed by atoms with Crippen molar-refractivity contribution >= 4 is 22.7 Å². The van der Waals surface area contributed by atoms with Gasteiger partial charge in [0.1, 0.15) is 17.6 Å². The molecule has 3 aromatic rings. The van der Waals surface area contributed by atoms with E-state index in [2.05, 4.69) is 15.0 Å². The van der Waals surface area contributed by atoms with Gasteiger partial charge in [-0.1, -0.05) is 5.16 Å². The van der Waals surface area contributed by atoms with Gasteiger partial charge in [-0.3, -0.25) is 4.79 Å². The second kappa shape index (κ2) is 5.08. The first-order valence-electron chi connectivity index (χ1n) is 6.13. The van der Waals surface area contributed by atoms with Crippen LogP contribution in [0.15, 0.2) is 45.7 Å². The molecule has 0 saturated carbocycles. The molecule has 1 aromatic carbocycles. The predicted molar refractivity (Wildman–Crippen MR) is 71.8 cm³/mol. The molecule has 0 aliphatic carbocycles. The normalized spacial score (nSPS) is 10.7. The number of benzene rings is 1. The van der Waals surface area contributed by atoms with Crippen LogP contribution in [0.1, 0.15) is 17.3 Å². The number of carbonyl (C=O) groups is 1. The van der Waals surface area contributed by atoms with Gasteiger partial charge in [-0.15, -0.1) is 0 Å². The molecule has 0 aliphatic rings. The Bertz CT molecular complexity index is 731. The molecule has 0 radical (unpaired) electrons. The third kappa shape index (κ3) is 2.23. The van der Waals surface area contributed by atoms with Crippen molar-refractivity contribution in [3.8, 4) is 5.75 Å². The van der Waals surface area contributed by atoms with Gasteiger partial charge in [0.05, 0.1) is 18.3 Å². The number of carbonyl (C=O) groups excluding carboxylic acids is 1. The number of furan rings is 1. The van der Waals surface area contributed by atoms with Crippen molar-refractivity contribution in [2.45, 2.75) is 6.92 Å². The highest BCUT2D eigenvalue weighted by Crippen LogP contribution is 2.29. The van der Waals surface area contributed by atoms with E-state index in [4.69, 9.17) is 9.15 Å². The fourth-order valence-electron chi connectivity index (χ4n) is 1.91. The Balaban J connectivity index is 1.96. The maximum Gasteiger partial charge on any atom is 0.257 e. The molecule has 0 bridgehead atoms. The van der Waals surface area contributed by atoms with Crippen molar-refractivity contribution in [2.75, 3.05) is 11.9 Å². The van der Waals surface area contributed by atoms with E-state index in [1.165, 1.54) is 6.26 Å². The average molecular weight is 272 g/mol. The first-order chi connectivity index (χ1) is 9.78. The Morgan fingerprint density at radius 3 is 3.00 bits per heavy atom. The minimum absolute atomic E-state index is 0.307. The molecule has 0 spiro atoms. The maximum atomic E-state index is 12.1. The summed E-state index contributed by atoms with van der Waals surface area (Å²) < 4.78 is 15.5. The molecule has 20 heavy (non-hydrogen) atoms. The van der Waals surface area contributed by atoms with Crippen LogP contribution >= 0.6 is 0 Å². The molecule has 2 heterocycles. The van der Waals surface area contributed by atoms with Crippen LogP contribution in [-0.2, 0) is 0 Å². The summed E-state index contributed by atoms with van der Waals surface area (Å²) in [5, 5.41) is 7.09. The first-order valence-corrected chi connectivity index (χ1v) is 6.13. The maximum absolute atomic E-state index is 12.1. The van der Waals surface area contributed by atoms with E-state index in [0.717, 1.165) is 5.39 Å². The fraction of sp³-hybridized carbons (Fsp3) is 0.143. The lowest BCUT2D eigenvalue weighted by Crippen LogP contribution is -2.12. The number of nitrogens with zero attached hydrogens (tertiary/aromatic N) is 1. The summed E-state index contributed by atoms with van der Waals surface area (Å²) in [6.07, 6.45) is 2.95. The minimum atomic E-state index is -0.307. The van der Waals surface area contributed by atoms with Gasteiger partial charge in [0.15, 0.2) is 5.82 Å². The highest BCUT2D eigenvalue weighted by molar-refractivity contribution is 6.06. The van der Waals surface area contributed by atoms with Crippen LogP contribution < -0.4 is 10.1 Å². The number of rotatable bonds is 4. The van der Waals surface area contributed by atoms with Crippen LogP contribution in [0.25, 0.3) is 11.0 Å². The number of fused-ring (bicyclic) bond motifs is 1. The van der Waals surface area contributed by atoms with Gasteiger partial charge >= 0.3 is 0 Å². The van der Waals surface area contributed by atoms with Crippen molar-refractivity contribution in [3.05, 3.63) is 42.4 Å². The Kier molecular flexibility index (Phi) is 3.12. The molecule has 102 valence electrons. The number of hydrogen-bond donors (Lipinski definition) is 1. The largest absolute Gasteiger partial charge is 0.493 e. The minimum Gasteiger partial charge on any atom is -0.493 e. The lowest BCUT2D eigenvalue weighted by atomic mass is 10.1. The van der Waals surface area contributed by atoms with Gasteiger partial charge in [0.2, 0.25) is 0 Å². The van der Waals surface area contributed by atoms with Gasteiger partial charge in [-0.05, 0) is 25.1 Å². The summed E-state index contributed by atoms with van der Waals surface area (Å²) in [4.78, 5) is 12.1. The Hall–Kier alpha value is -2.76. The summed E-state index contributed by atoms with van der Waals surface area (Å²) in [5.41, 5.74) is 1.03. The topological polar surface area (TPSA) is 77.5 Å². The summed E-state index contributed by atoms with van der Waals surface area (Å²) in [6, 6.07) is 6.70. The Morgan fingerprint density at radius 1 is 1.35 bits per heavy atom. The van der Waals surface area contributed by atoms with E-state index < -0.39 is 0 Å². The monoisotopic (exact) mass is 272 g/mol.